The summed E-state index contributed by atoms with van der Waals surface area (Å²) in [6.07, 6.45) is 13.5. The fourth-order valence-electron chi connectivity index (χ4n) is 8.54. The van der Waals surface area contributed by atoms with Gasteiger partial charge in [-0.15, -0.1) is 0 Å². The summed E-state index contributed by atoms with van der Waals surface area (Å²) in [4.78, 5) is 5.31. The molecule has 2 aromatic rings. The van der Waals surface area contributed by atoms with E-state index >= 15 is 0 Å². The Bertz CT molecular complexity index is 1120. The SMILES string of the molecule is CN(SOc1ccc(N2CC(CN3CCC(C4(C5CCCC5)NCCc5ccccc54)CC3)C2)cc1)C1CCC1. The van der Waals surface area contributed by atoms with Crippen LogP contribution in [0.25, 0.3) is 0 Å². The van der Waals surface area contributed by atoms with Gasteiger partial charge in [0.15, 0.2) is 0 Å². The van der Waals surface area contributed by atoms with Gasteiger partial charge in [0.05, 0.1) is 0 Å². The third-order valence-corrected chi connectivity index (χ3v) is 11.8. The lowest BCUT2D eigenvalue weighted by molar-refractivity contribution is 0.0492. The molecule has 0 spiro atoms. The number of hydrogen-bond acceptors (Lipinski definition) is 6. The number of nitrogens with one attached hydrogen (secondary N) is 1. The highest BCUT2D eigenvalue weighted by molar-refractivity contribution is 7.92. The number of benzene rings is 2. The lowest BCUT2D eigenvalue weighted by Gasteiger charge is -2.53. The summed E-state index contributed by atoms with van der Waals surface area (Å²) in [5, 5.41) is 4.19. The Kier molecular flexibility index (Phi) is 8.05. The second kappa shape index (κ2) is 11.9. The Balaban J connectivity index is 0.902. The first-order valence-corrected chi connectivity index (χ1v) is 16.9. The van der Waals surface area contributed by atoms with Crippen molar-refractivity contribution in [1.29, 1.82) is 0 Å². The second-order valence-corrected chi connectivity index (χ2v) is 14.2. The molecule has 3 heterocycles. The number of anilines is 1. The van der Waals surface area contributed by atoms with Crippen molar-refractivity contribution in [1.82, 2.24) is 14.5 Å². The van der Waals surface area contributed by atoms with Crippen molar-refractivity contribution >= 4 is 17.9 Å². The number of piperidine rings is 1. The maximum absolute atomic E-state index is 5.96. The van der Waals surface area contributed by atoms with Crippen LogP contribution >= 0.6 is 12.2 Å². The quantitative estimate of drug-likeness (QED) is 0.279. The molecule has 5 aliphatic rings. The normalized spacial score (nSPS) is 27.0. The van der Waals surface area contributed by atoms with Crippen LogP contribution in [0.5, 0.6) is 5.75 Å². The Morgan fingerprint density at radius 2 is 1.62 bits per heavy atom. The molecule has 2 saturated carbocycles. The largest absolute Gasteiger partial charge is 0.409 e. The van der Waals surface area contributed by atoms with E-state index in [1.54, 1.807) is 11.1 Å². The van der Waals surface area contributed by atoms with E-state index in [1.165, 1.54) is 115 Å². The van der Waals surface area contributed by atoms with Gasteiger partial charge < -0.3 is 19.3 Å². The average molecular weight is 561 g/mol. The lowest BCUT2D eigenvalue weighted by atomic mass is 9.63. The predicted molar refractivity (Wildman–Crippen MR) is 167 cm³/mol. The van der Waals surface area contributed by atoms with Crippen LogP contribution in [0.3, 0.4) is 0 Å². The smallest absolute Gasteiger partial charge is 0.146 e. The molecule has 40 heavy (non-hydrogen) atoms. The molecular weight excluding hydrogens is 512 g/mol. The van der Waals surface area contributed by atoms with Gasteiger partial charge in [-0.3, -0.25) is 0 Å². The van der Waals surface area contributed by atoms with Gasteiger partial charge in [0.25, 0.3) is 0 Å². The fourth-order valence-corrected chi connectivity index (χ4v) is 9.19. The summed E-state index contributed by atoms with van der Waals surface area (Å²) in [6.45, 7) is 7.29. The summed E-state index contributed by atoms with van der Waals surface area (Å²) < 4.78 is 8.22. The third-order valence-electron chi connectivity index (χ3n) is 11.0. The van der Waals surface area contributed by atoms with Crippen molar-refractivity contribution < 1.29 is 4.18 Å². The van der Waals surface area contributed by atoms with Gasteiger partial charge in [0.1, 0.15) is 18.0 Å². The van der Waals surface area contributed by atoms with Gasteiger partial charge in [-0.1, -0.05) is 43.5 Å². The van der Waals surface area contributed by atoms with Crippen molar-refractivity contribution in [3.63, 3.8) is 0 Å². The monoisotopic (exact) mass is 560 g/mol. The molecule has 1 atom stereocenters. The Labute approximate surface area is 246 Å². The van der Waals surface area contributed by atoms with Crippen LogP contribution in [-0.4, -0.2) is 61.6 Å². The maximum Gasteiger partial charge on any atom is 0.146 e. The van der Waals surface area contributed by atoms with Crippen LogP contribution in [0.4, 0.5) is 5.69 Å². The summed E-state index contributed by atoms with van der Waals surface area (Å²) >= 11 is 1.49. The minimum Gasteiger partial charge on any atom is -0.409 e. The van der Waals surface area contributed by atoms with Crippen molar-refractivity contribution in [2.45, 2.75) is 75.8 Å². The van der Waals surface area contributed by atoms with Gasteiger partial charge in [-0.25, -0.2) is 4.31 Å². The van der Waals surface area contributed by atoms with Crippen LogP contribution in [0.15, 0.2) is 48.5 Å². The third kappa shape index (κ3) is 5.30. The van der Waals surface area contributed by atoms with Gasteiger partial charge >= 0.3 is 0 Å². The van der Waals surface area contributed by atoms with Crippen LogP contribution in [0, 0.1) is 17.8 Å². The first-order valence-electron chi connectivity index (χ1n) is 16.2. The molecule has 216 valence electrons. The molecule has 0 amide bonds. The van der Waals surface area contributed by atoms with E-state index in [0.29, 0.717) is 6.04 Å². The Morgan fingerprint density at radius 3 is 2.35 bits per heavy atom. The highest BCUT2D eigenvalue weighted by Gasteiger charge is 2.50. The number of hydrogen-bond donors (Lipinski definition) is 1. The molecule has 6 heteroatoms. The molecule has 5 nitrogen and oxygen atoms in total. The van der Waals surface area contributed by atoms with Crippen molar-refractivity contribution in [2.75, 3.05) is 51.2 Å². The summed E-state index contributed by atoms with van der Waals surface area (Å²) in [5.74, 6) is 3.31. The fraction of sp³-hybridized carbons (Fsp3) is 0.647. The van der Waals surface area contributed by atoms with Gasteiger partial charge in [0.2, 0.25) is 0 Å². The Hall–Kier alpha value is -1.73. The number of fused-ring (bicyclic) bond motifs is 1. The highest BCUT2D eigenvalue weighted by Crippen LogP contribution is 2.50. The zero-order chi connectivity index (χ0) is 26.9. The standard InChI is InChI=1S/C34H48N4OS/c1-36(30-10-6-11-30)40-39-32-15-13-31(14-16-32)38-24-26(25-38)23-37-21-18-29(19-22-37)34(28-8-3-4-9-28)33-12-5-2-7-27(33)17-20-35-34/h2,5,7,12-16,26,28-30,35H,3-4,6,8-11,17-25H2,1H3. The lowest BCUT2D eigenvalue weighted by Crippen LogP contribution is -2.59. The van der Waals surface area contributed by atoms with E-state index in [9.17, 15) is 0 Å². The molecule has 2 saturated heterocycles. The predicted octanol–water partition coefficient (Wildman–Crippen LogP) is 6.49. The summed E-state index contributed by atoms with van der Waals surface area (Å²) in [5.41, 5.74) is 4.82. The molecule has 1 unspecified atom stereocenters. The minimum atomic E-state index is 0.214. The van der Waals surface area contributed by atoms with Crippen LogP contribution in [-0.2, 0) is 12.0 Å². The molecule has 2 aromatic carbocycles. The first-order chi connectivity index (χ1) is 19.7. The highest BCUT2D eigenvalue weighted by atomic mass is 32.2. The van der Waals surface area contributed by atoms with E-state index in [1.807, 2.05) is 0 Å². The van der Waals surface area contributed by atoms with Gasteiger partial charge in [-0.05, 0) is 105 Å². The van der Waals surface area contributed by atoms with E-state index in [0.717, 1.165) is 30.0 Å². The van der Waals surface area contributed by atoms with Crippen LogP contribution in [0.2, 0.25) is 0 Å². The first kappa shape index (κ1) is 27.1. The van der Waals surface area contributed by atoms with E-state index in [-0.39, 0.29) is 5.54 Å². The van der Waals surface area contributed by atoms with Gasteiger partial charge in [-0.2, -0.15) is 0 Å². The van der Waals surface area contributed by atoms with Crippen LogP contribution in [0.1, 0.15) is 68.9 Å². The van der Waals surface area contributed by atoms with Crippen molar-refractivity contribution in [3.05, 3.63) is 59.7 Å². The second-order valence-electron chi connectivity index (χ2n) is 13.3. The molecular formula is C34H48N4OS. The van der Waals surface area contributed by atoms with Crippen molar-refractivity contribution in [3.8, 4) is 5.75 Å². The molecule has 3 aliphatic heterocycles. The summed E-state index contributed by atoms with van der Waals surface area (Å²) in [7, 11) is 2.14. The van der Waals surface area contributed by atoms with Crippen LogP contribution < -0.4 is 14.4 Å². The Morgan fingerprint density at radius 1 is 0.900 bits per heavy atom. The topological polar surface area (TPSA) is 31.0 Å². The molecule has 1 N–H and O–H groups in total. The number of rotatable bonds is 9. The number of nitrogens with zero attached hydrogens (tertiary/aromatic N) is 3. The van der Waals surface area contributed by atoms with E-state index in [4.69, 9.17) is 4.18 Å². The maximum atomic E-state index is 5.96. The minimum absolute atomic E-state index is 0.214. The summed E-state index contributed by atoms with van der Waals surface area (Å²) in [6, 6.07) is 18.8. The number of likely N-dealkylation sites (tertiary alicyclic amines) is 1. The zero-order valence-corrected chi connectivity index (χ0v) is 25.2. The molecule has 7 rings (SSSR count). The average Bonchev–Trinajstić information content (AvgIpc) is 3.49. The zero-order valence-electron chi connectivity index (χ0n) is 24.4. The van der Waals surface area contributed by atoms with E-state index < -0.39 is 0 Å². The molecule has 2 aliphatic carbocycles. The molecule has 4 fully saturated rings. The molecule has 0 bridgehead atoms. The van der Waals surface area contributed by atoms with Crippen molar-refractivity contribution in [2.24, 2.45) is 17.8 Å². The molecule has 0 aromatic heterocycles. The van der Waals surface area contributed by atoms with E-state index in [2.05, 4.69) is 75.0 Å². The van der Waals surface area contributed by atoms with Gasteiger partial charge in [0, 0.05) is 56.4 Å². The molecule has 0 radical (unpaired) electrons.